The van der Waals surface area contributed by atoms with Gasteiger partial charge in [0.25, 0.3) is 0 Å². The molecule has 0 aliphatic carbocycles. The van der Waals surface area contributed by atoms with Gasteiger partial charge in [0.2, 0.25) is 0 Å². The number of aliphatic hydroxyl groups is 2. The lowest BCUT2D eigenvalue weighted by Crippen LogP contribution is -2.62. The van der Waals surface area contributed by atoms with Crippen molar-refractivity contribution in [1.82, 2.24) is 5.32 Å². The van der Waals surface area contributed by atoms with E-state index in [2.05, 4.69) is 59.5 Å². The van der Waals surface area contributed by atoms with E-state index in [4.69, 9.17) is 43.0 Å². The van der Waals surface area contributed by atoms with E-state index < -0.39 is 53.2 Å². The Morgan fingerprint density at radius 3 is 2.44 bits per heavy atom. The van der Waals surface area contributed by atoms with Crippen molar-refractivity contribution in [2.75, 3.05) is 6.54 Å². The summed E-state index contributed by atoms with van der Waals surface area (Å²) in [6, 6.07) is 0. The van der Waals surface area contributed by atoms with Crippen molar-refractivity contribution >= 4 is 5.97 Å². The third kappa shape index (κ3) is 8.16. The molecule has 61 heavy (non-hydrogen) atoms. The third-order valence-electron chi connectivity index (χ3n) is 16.2. The van der Waals surface area contributed by atoms with E-state index in [1.165, 1.54) is 0 Å². The number of ether oxygens (including phenoxy) is 8. The first-order valence-corrected chi connectivity index (χ1v) is 23.7. The largest absolute Gasteiger partial charge is 0.481 e. The SMILES string of the molecule is C=C(CC12CC(C)CC(O1)C1OC3(CC1O2)NCC(C)CC3C)C1OC(O)(C(O)C2CC3OC4(CCC5(C=C(C)CC(C=CCCC(=O)O)O5)O4)C(C)CC3O2)C(C)CC1C. The quantitative estimate of drug-likeness (QED) is 0.183. The van der Waals surface area contributed by atoms with Crippen LogP contribution >= 0.6 is 0 Å². The number of fused-ring (bicyclic) bond motifs is 5. The molecule has 4 N–H and O–H groups in total. The lowest BCUT2D eigenvalue weighted by molar-refractivity contribution is -0.367. The molecule has 0 aromatic carbocycles. The van der Waals surface area contributed by atoms with Gasteiger partial charge in [-0.25, -0.2) is 0 Å². The van der Waals surface area contributed by atoms with E-state index in [-0.39, 0.29) is 60.8 Å². The molecule has 20 atom stereocenters. The number of hydrogen-bond acceptors (Lipinski definition) is 12. The van der Waals surface area contributed by atoms with Gasteiger partial charge in [-0.3, -0.25) is 10.1 Å². The summed E-state index contributed by atoms with van der Waals surface area (Å²) in [6.07, 6.45) is 10.3. The van der Waals surface area contributed by atoms with Gasteiger partial charge < -0.3 is 53.2 Å². The molecule has 2 bridgehead atoms. The fourth-order valence-corrected chi connectivity index (χ4v) is 13.2. The summed E-state index contributed by atoms with van der Waals surface area (Å²) in [7, 11) is 0. The van der Waals surface area contributed by atoms with E-state index in [1.807, 2.05) is 19.1 Å². The van der Waals surface area contributed by atoms with Gasteiger partial charge in [-0.05, 0) is 80.8 Å². The highest BCUT2D eigenvalue weighted by molar-refractivity contribution is 5.66. The number of aliphatic hydroxyl groups excluding tert-OH is 1. The molecular formula is C48H73NO12. The van der Waals surface area contributed by atoms with Crippen molar-refractivity contribution in [3.63, 3.8) is 0 Å². The standard InChI is InChI=1S/C48H73NO12/c1-26-16-34(11-9-10-12-40(50)51)55-44(21-26)13-14-47(61-44)32(7)19-35-36(58-47)20-38(54-35)43(52)48(53)33(8)18-29(4)41(60-48)30(5)23-45-22-27(2)17-37(56-45)42-39(57-45)24-46(59-42)31(6)15-28(3)25-49-46/h9,11,21,27-29,31-39,41-43,49,52-53H,5,10,12-20,22-25H2,1-4,6-8H3,(H,50,51). The average molecular weight is 856 g/mol. The number of rotatable bonds is 9. The van der Waals surface area contributed by atoms with Gasteiger partial charge in [0.05, 0.1) is 42.7 Å². The lowest BCUT2D eigenvalue weighted by atomic mass is 9.76. The predicted octanol–water partition coefficient (Wildman–Crippen LogP) is 6.65. The zero-order valence-corrected chi connectivity index (χ0v) is 37.5. The number of aliphatic carboxylic acids is 1. The number of carbonyl (C=O) groups is 1. The van der Waals surface area contributed by atoms with Gasteiger partial charge >= 0.3 is 5.97 Å². The smallest absolute Gasteiger partial charge is 0.303 e. The monoisotopic (exact) mass is 856 g/mol. The molecule has 0 saturated carbocycles. The Bertz CT molecular complexity index is 1740. The summed E-state index contributed by atoms with van der Waals surface area (Å²) in [6.45, 7) is 20.6. The van der Waals surface area contributed by atoms with Crippen LogP contribution in [0.5, 0.6) is 0 Å². The van der Waals surface area contributed by atoms with Crippen molar-refractivity contribution in [2.45, 2.75) is 216 Å². The van der Waals surface area contributed by atoms with Crippen LogP contribution in [-0.4, -0.2) is 112 Å². The zero-order chi connectivity index (χ0) is 43.3. The molecule has 0 radical (unpaired) electrons. The Kier molecular flexibility index (Phi) is 11.9. The van der Waals surface area contributed by atoms with Crippen LogP contribution in [0.1, 0.15) is 132 Å². The molecule has 0 aromatic heterocycles. The number of piperidine rings is 1. The average Bonchev–Trinajstić information content (AvgIpc) is 3.86. The maximum Gasteiger partial charge on any atom is 0.303 e. The first-order valence-electron chi connectivity index (χ1n) is 23.7. The third-order valence-corrected chi connectivity index (χ3v) is 16.2. The molecule has 8 fully saturated rings. The molecule has 8 saturated heterocycles. The summed E-state index contributed by atoms with van der Waals surface area (Å²) in [5.41, 5.74) is 1.54. The van der Waals surface area contributed by atoms with E-state index in [1.54, 1.807) is 0 Å². The number of nitrogens with one attached hydrogen (secondary N) is 1. The highest BCUT2D eigenvalue weighted by Gasteiger charge is 2.64. The van der Waals surface area contributed by atoms with Gasteiger partial charge in [0.15, 0.2) is 23.1 Å². The minimum Gasteiger partial charge on any atom is -0.481 e. The van der Waals surface area contributed by atoms with E-state index in [9.17, 15) is 15.0 Å². The van der Waals surface area contributed by atoms with Crippen molar-refractivity contribution in [3.8, 4) is 0 Å². The van der Waals surface area contributed by atoms with Crippen LogP contribution in [0.15, 0.2) is 36.0 Å². The van der Waals surface area contributed by atoms with Gasteiger partial charge in [-0.15, -0.1) is 0 Å². The maximum atomic E-state index is 12.4. The second-order valence-electron chi connectivity index (χ2n) is 21.4. The Labute approximate surface area is 362 Å². The fourth-order valence-electron chi connectivity index (χ4n) is 13.2. The van der Waals surface area contributed by atoms with Crippen LogP contribution < -0.4 is 5.32 Å². The van der Waals surface area contributed by atoms with Crippen LogP contribution in [-0.2, 0) is 42.7 Å². The highest BCUT2D eigenvalue weighted by Crippen LogP contribution is 2.56. The number of allylic oxidation sites excluding steroid dienone is 1. The van der Waals surface area contributed by atoms with E-state index in [0.717, 1.165) is 43.4 Å². The summed E-state index contributed by atoms with van der Waals surface area (Å²) in [5, 5.41) is 37.4. The molecule has 9 aliphatic rings. The minimum atomic E-state index is -1.88. The van der Waals surface area contributed by atoms with Gasteiger partial charge in [0, 0.05) is 63.3 Å². The van der Waals surface area contributed by atoms with Crippen molar-refractivity contribution < 1.29 is 58.0 Å². The Hall–Kier alpha value is -1.75. The number of carboxylic acids is 1. The molecule has 20 unspecified atom stereocenters. The van der Waals surface area contributed by atoms with Crippen molar-refractivity contribution in [3.05, 3.63) is 36.0 Å². The Morgan fingerprint density at radius 2 is 1.67 bits per heavy atom. The van der Waals surface area contributed by atoms with Gasteiger partial charge in [0.1, 0.15) is 17.9 Å². The predicted molar refractivity (Wildman–Crippen MR) is 224 cm³/mol. The number of hydrogen-bond donors (Lipinski definition) is 4. The van der Waals surface area contributed by atoms with Crippen LogP contribution in [0.2, 0.25) is 0 Å². The lowest BCUT2D eigenvalue weighted by Gasteiger charge is -2.53. The van der Waals surface area contributed by atoms with E-state index >= 15 is 0 Å². The molecule has 0 aromatic rings. The van der Waals surface area contributed by atoms with Crippen molar-refractivity contribution in [1.29, 1.82) is 0 Å². The van der Waals surface area contributed by atoms with Crippen molar-refractivity contribution in [2.24, 2.45) is 35.5 Å². The molecule has 3 spiro atoms. The second-order valence-corrected chi connectivity index (χ2v) is 21.4. The first kappa shape index (κ1) is 44.5. The molecule has 342 valence electrons. The molecule has 9 heterocycles. The molecular weight excluding hydrogens is 783 g/mol. The molecule has 13 heteroatoms. The van der Waals surface area contributed by atoms with Crippen LogP contribution in [0, 0.1) is 35.5 Å². The Balaban J connectivity index is 0.852. The fraction of sp³-hybridized carbons (Fsp3) is 0.854. The number of carboxylic acid groups (broad SMARTS) is 1. The molecule has 13 nitrogen and oxygen atoms in total. The highest BCUT2D eigenvalue weighted by atomic mass is 16.8. The second kappa shape index (κ2) is 16.3. The molecule has 0 amide bonds. The summed E-state index contributed by atoms with van der Waals surface area (Å²) in [4.78, 5) is 11.0. The Morgan fingerprint density at radius 1 is 0.885 bits per heavy atom. The molecule has 9 rings (SSSR count). The van der Waals surface area contributed by atoms with Gasteiger partial charge in [-0.2, -0.15) is 0 Å². The normalized spacial score (nSPS) is 52.4. The summed E-state index contributed by atoms with van der Waals surface area (Å²) < 4.78 is 54.4. The van der Waals surface area contributed by atoms with Crippen LogP contribution in [0.4, 0.5) is 0 Å². The minimum absolute atomic E-state index is 0.0253. The summed E-state index contributed by atoms with van der Waals surface area (Å²) in [5.74, 6) is -4.44. The van der Waals surface area contributed by atoms with Gasteiger partial charge in [-0.1, -0.05) is 65.8 Å². The maximum absolute atomic E-state index is 12.4. The van der Waals surface area contributed by atoms with Crippen LogP contribution in [0.3, 0.4) is 0 Å². The first-order chi connectivity index (χ1) is 28.8. The van der Waals surface area contributed by atoms with E-state index in [0.29, 0.717) is 69.1 Å². The topological polar surface area (TPSA) is 164 Å². The zero-order valence-electron chi connectivity index (χ0n) is 37.5. The molecule has 9 aliphatic heterocycles. The van der Waals surface area contributed by atoms with Crippen LogP contribution in [0.25, 0.3) is 0 Å². The summed E-state index contributed by atoms with van der Waals surface area (Å²) >= 11 is 0.